The fraction of sp³-hybridized carbons (Fsp3) is 0.0833. The van der Waals surface area contributed by atoms with Crippen LogP contribution in [0, 0.1) is 6.92 Å². The Hall–Kier alpha value is -2.45. The third kappa shape index (κ3) is 2.53. The van der Waals surface area contributed by atoms with Crippen molar-refractivity contribution in [3.8, 4) is 5.88 Å². The summed E-state index contributed by atoms with van der Waals surface area (Å²) >= 11 is 12.0. The van der Waals surface area contributed by atoms with Crippen molar-refractivity contribution in [1.29, 1.82) is 0 Å². The van der Waals surface area contributed by atoms with Gasteiger partial charge in [0.1, 0.15) is 5.69 Å². The Morgan fingerprint density at radius 3 is 2.68 bits per heavy atom. The van der Waals surface area contributed by atoms with Crippen LogP contribution < -0.4 is 5.56 Å². The number of azo groups is 1. The Kier molecular flexibility index (Phi) is 3.55. The van der Waals surface area contributed by atoms with Crippen LogP contribution in [0.5, 0.6) is 5.88 Å². The molecule has 0 radical (unpaired) electrons. The molecule has 0 bridgehead atoms. The summed E-state index contributed by atoms with van der Waals surface area (Å²) in [6.07, 6.45) is 0. The molecule has 3 N–H and O–H groups in total. The van der Waals surface area contributed by atoms with Crippen LogP contribution in [-0.2, 0) is 0 Å². The van der Waals surface area contributed by atoms with Crippen LogP contribution in [0.4, 0.5) is 11.6 Å². The topological polar surface area (TPSA) is 119 Å². The van der Waals surface area contributed by atoms with E-state index in [0.717, 1.165) is 0 Å². The van der Waals surface area contributed by atoms with Gasteiger partial charge in [-0.15, -0.1) is 20.4 Å². The predicted octanol–water partition coefficient (Wildman–Crippen LogP) is 3.38. The van der Waals surface area contributed by atoms with Gasteiger partial charge in [-0.3, -0.25) is 9.78 Å². The van der Waals surface area contributed by atoms with E-state index >= 15 is 0 Å². The van der Waals surface area contributed by atoms with Crippen molar-refractivity contribution in [2.24, 2.45) is 10.2 Å². The summed E-state index contributed by atoms with van der Waals surface area (Å²) in [5.74, 6) is -0.317. The molecule has 0 saturated heterocycles. The smallest absolute Gasteiger partial charge is 0.274 e. The van der Waals surface area contributed by atoms with Gasteiger partial charge in [0.05, 0.1) is 10.5 Å². The lowest BCUT2D eigenvalue weighted by Crippen LogP contribution is -2.12. The Morgan fingerprint density at radius 1 is 1.18 bits per heavy atom. The molecule has 3 rings (SSSR count). The Bertz CT molecular complexity index is 962. The molecule has 0 unspecified atom stereocenters. The van der Waals surface area contributed by atoms with E-state index in [4.69, 9.17) is 23.2 Å². The average Bonchev–Trinajstić information content (AvgIpc) is 2.77. The van der Waals surface area contributed by atoms with Crippen LogP contribution in [0.25, 0.3) is 10.9 Å². The van der Waals surface area contributed by atoms with Crippen molar-refractivity contribution in [2.75, 3.05) is 0 Å². The fourth-order valence-electron chi connectivity index (χ4n) is 1.82. The van der Waals surface area contributed by atoms with Crippen LogP contribution in [-0.4, -0.2) is 25.3 Å². The number of H-pyrrole nitrogens is 2. The highest BCUT2D eigenvalue weighted by Crippen LogP contribution is 2.40. The number of aromatic hydroxyl groups is 1. The summed E-state index contributed by atoms with van der Waals surface area (Å²) in [4.78, 5) is 16.5. The molecule has 0 aliphatic rings. The molecule has 0 saturated carbocycles. The number of halogens is 2. The molecule has 1 aromatic carbocycles. The molecule has 0 atom stereocenters. The number of nitrogens with zero attached hydrogens (tertiary/aromatic N) is 4. The molecule has 2 heterocycles. The summed E-state index contributed by atoms with van der Waals surface area (Å²) in [6, 6.07) is 3.11. The van der Waals surface area contributed by atoms with Gasteiger partial charge in [0.15, 0.2) is 5.69 Å². The first-order chi connectivity index (χ1) is 10.5. The van der Waals surface area contributed by atoms with E-state index in [1.165, 1.54) is 13.0 Å². The van der Waals surface area contributed by atoms with Gasteiger partial charge in [0.25, 0.3) is 11.5 Å². The summed E-state index contributed by atoms with van der Waals surface area (Å²) in [5.41, 5.74) is 0.397. The van der Waals surface area contributed by atoms with Gasteiger partial charge in [-0.25, -0.2) is 0 Å². The van der Waals surface area contributed by atoms with E-state index in [0.29, 0.717) is 20.9 Å². The number of fused-ring (bicyclic) bond motifs is 1. The van der Waals surface area contributed by atoms with Crippen molar-refractivity contribution in [2.45, 2.75) is 6.92 Å². The minimum absolute atomic E-state index is 0.0857. The largest absolute Gasteiger partial charge is 0.493 e. The van der Waals surface area contributed by atoms with Gasteiger partial charge in [-0.05, 0) is 19.1 Å². The molecule has 0 amide bonds. The maximum absolute atomic E-state index is 11.4. The van der Waals surface area contributed by atoms with Crippen molar-refractivity contribution in [3.63, 3.8) is 0 Å². The Morgan fingerprint density at radius 2 is 1.95 bits per heavy atom. The van der Waals surface area contributed by atoms with Gasteiger partial charge in [-0.2, -0.15) is 0 Å². The zero-order valence-electron chi connectivity index (χ0n) is 11.1. The second-order valence-corrected chi connectivity index (χ2v) is 5.24. The van der Waals surface area contributed by atoms with E-state index < -0.39 is 5.56 Å². The minimum atomic E-state index is -0.418. The molecule has 2 aromatic heterocycles. The molecule has 112 valence electrons. The summed E-state index contributed by atoms with van der Waals surface area (Å²) in [7, 11) is 0. The molecule has 22 heavy (non-hydrogen) atoms. The lowest BCUT2D eigenvalue weighted by atomic mass is 10.2. The predicted molar refractivity (Wildman–Crippen MR) is 81.5 cm³/mol. The van der Waals surface area contributed by atoms with Crippen LogP contribution in [0.1, 0.15) is 5.69 Å². The van der Waals surface area contributed by atoms with Crippen LogP contribution in [0.15, 0.2) is 27.2 Å². The second kappa shape index (κ2) is 5.39. The van der Waals surface area contributed by atoms with Gasteiger partial charge >= 0.3 is 0 Å². The zero-order valence-corrected chi connectivity index (χ0v) is 12.6. The van der Waals surface area contributed by atoms with Gasteiger partial charge < -0.3 is 10.1 Å². The minimum Gasteiger partial charge on any atom is -0.493 e. The highest BCUT2D eigenvalue weighted by molar-refractivity contribution is 6.38. The number of benzene rings is 1. The van der Waals surface area contributed by atoms with Gasteiger partial charge in [0.2, 0.25) is 5.88 Å². The monoisotopic (exact) mass is 338 g/mol. The number of aromatic nitrogens is 4. The highest BCUT2D eigenvalue weighted by atomic mass is 35.5. The van der Waals surface area contributed by atoms with E-state index in [2.05, 4.69) is 30.4 Å². The molecule has 0 aliphatic heterocycles. The first-order valence-electron chi connectivity index (χ1n) is 6.00. The number of aromatic amines is 2. The molecular formula is C12H8Cl2N6O2. The normalized spacial score (nSPS) is 11.6. The van der Waals surface area contributed by atoms with Gasteiger partial charge in [0, 0.05) is 10.4 Å². The SMILES string of the molecule is Cc1nnc(N=Nc2c(O)[nH]c3c(Cl)cc(Cl)cc23)[nH]c1=O. The summed E-state index contributed by atoms with van der Waals surface area (Å²) in [6.45, 7) is 1.52. The lowest BCUT2D eigenvalue weighted by molar-refractivity contribution is 0.459. The Balaban J connectivity index is 2.10. The third-order valence-electron chi connectivity index (χ3n) is 2.87. The highest BCUT2D eigenvalue weighted by Gasteiger charge is 2.14. The molecule has 0 fully saturated rings. The van der Waals surface area contributed by atoms with E-state index in [1.54, 1.807) is 6.07 Å². The molecular weight excluding hydrogens is 331 g/mol. The van der Waals surface area contributed by atoms with Crippen LogP contribution in [0.2, 0.25) is 10.0 Å². The second-order valence-electron chi connectivity index (χ2n) is 4.40. The number of nitrogens with one attached hydrogen (secondary N) is 2. The fourth-order valence-corrected chi connectivity index (χ4v) is 2.36. The maximum Gasteiger partial charge on any atom is 0.274 e. The zero-order chi connectivity index (χ0) is 15.9. The average molecular weight is 339 g/mol. The maximum atomic E-state index is 11.4. The van der Waals surface area contributed by atoms with Crippen LogP contribution >= 0.6 is 23.2 Å². The number of hydrogen-bond acceptors (Lipinski definition) is 6. The summed E-state index contributed by atoms with van der Waals surface area (Å²) < 4.78 is 0. The van der Waals surface area contributed by atoms with Crippen molar-refractivity contribution < 1.29 is 5.11 Å². The van der Waals surface area contributed by atoms with Crippen molar-refractivity contribution in [1.82, 2.24) is 20.2 Å². The molecule has 0 aliphatic carbocycles. The molecule has 3 aromatic rings. The summed E-state index contributed by atoms with van der Waals surface area (Å²) in [5, 5.41) is 26.0. The lowest BCUT2D eigenvalue weighted by Gasteiger charge is -1.96. The third-order valence-corrected chi connectivity index (χ3v) is 3.39. The number of hydrogen-bond donors (Lipinski definition) is 3. The van der Waals surface area contributed by atoms with E-state index in [1.807, 2.05) is 0 Å². The number of aryl methyl sites for hydroxylation is 1. The quantitative estimate of drug-likeness (QED) is 0.620. The standard InChI is InChI=1S/C12H8Cl2N6O2/c1-4-10(21)16-12(19-17-4)20-18-9-6-2-5(13)3-7(14)8(6)15-11(9)22/h2-3,15,22H,1H3,(H,16,19,21). The van der Waals surface area contributed by atoms with E-state index in [-0.39, 0.29) is 23.2 Å². The van der Waals surface area contributed by atoms with E-state index in [9.17, 15) is 9.90 Å². The van der Waals surface area contributed by atoms with Crippen LogP contribution in [0.3, 0.4) is 0 Å². The first-order valence-corrected chi connectivity index (χ1v) is 6.76. The van der Waals surface area contributed by atoms with Crippen molar-refractivity contribution >= 4 is 45.7 Å². The molecule has 10 heteroatoms. The van der Waals surface area contributed by atoms with Crippen molar-refractivity contribution in [3.05, 3.63) is 38.2 Å². The molecule has 8 nitrogen and oxygen atoms in total. The first kappa shape index (κ1) is 14.5. The Labute approximate surface area is 132 Å². The molecule has 0 spiro atoms. The van der Waals surface area contributed by atoms with Gasteiger partial charge in [-0.1, -0.05) is 23.2 Å². The number of rotatable bonds is 2.